The summed E-state index contributed by atoms with van der Waals surface area (Å²) in [7, 11) is 0. The van der Waals surface area contributed by atoms with Crippen LogP contribution in [0, 0.1) is 18.2 Å². The minimum absolute atomic E-state index is 0.0730. The van der Waals surface area contributed by atoms with Crippen LogP contribution >= 0.6 is 0 Å². The summed E-state index contributed by atoms with van der Waals surface area (Å²) in [6.07, 6.45) is 7.31. The predicted molar refractivity (Wildman–Crippen MR) is 70.8 cm³/mol. The van der Waals surface area contributed by atoms with Crippen LogP contribution in [0.2, 0.25) is 0 Å². The number of benzene rings is 1. The van der Waals surface area contributed by atoms with E-state index in [1.807, 2.05) is 6.07 Å². The van der Waals surface area contributed by atoms with E-state index >= 15 is 0 Å². The van der Waals surface area contributed by atoms with E-state index in [1.54, 1.807) is 12.1 Å². The summed E-state index contributed by atoms with van der Waals surface area (Å²) in [5.41, 5.74) is 0.661. The molecular formula is C15H18FN2O+. The average Bonchev–Trinajstić information content (AvgIpc) is 3.22. The number of hydrogen-bond donors (Lipinski definition) is 2. The molecule has 0 heterocycles. The maximum Gasteiger partial charge on any atom is 0.275 e. The molecule has 1 aliphatic rings. The van der Waals surface area contributed by atoms with Crippen LogP contribution in [0.1, 0.15) is 18.4 Å². The summed E-state index contributed by atoms with van der Waals surface area (Å²) in [5.74, 6) is 2.10. The SMILES string of the molecule is C#CCNC(=O)C[NH+](Cc1ccccc1F)C1CC1. The van der Waals surface area contributed by atoms with Gasteiger partial charge in [-0.1, -0.05) is 24.1 Å². The lowest BCUT2D eigenvalue weighted by atomic mass is 10.2. The zero-order valence-corrected chi connectivity index (χ0v) is 10.8. The molecule has 1 aliphatic carbocycles. The van der Waals surface area contributed by atoms with Gasteiger partial charge in [-0.15, -0.1) is 6.42 Å². The zero-order valence-electron chi connectivity index (χ0n) is 10.8. The summed E-state index contributed by atoms with van der Waals surface area (Å²) in [4.78, 5) is 12.8. The number of quaternary nitrogens is 1. The molecule has 1 amide bonds. The van der Waals surface area contributed by atoms with Gasteiger partial charge in [0.25, 0.3) is 5.91 Å². The Morgan fingerprint density at radius 1 is 1.47 bits per heavy atom. The lowest BCUT2D eigenvalue weighted by Crippen LogP contribution is -3.13. The van der Waals surface area contributed by atoms with Gasteiger partial charge in [0, 0.05) is 18.4 Å². The Labute approximate surface area is 112 Å². The number of amides is 1. The molecule has 19 heavy (non-hydrogen) atoms. The minimum atomic E-state index is -0.204. The standard InChI is InChI=1S/C15H17FN2O/c1-2-9-17-15(19)11-18(13-7-8-13)10-12-5-3-4-6-14(12)16/h1,3-6,13H,7-11H2,(H,17,19)/p+1. The van der Waals surface area contributed by atoms with Crippen LogP contribution in [0.15, 0.2) is 24.3 Å². The molecule has 1 fully saturated rings. The lowest BCUT2D eigenvalue weighted by molar-refractivity contribution is -0.917. The van der Waals surface area contributed by atoms with Gasteiger partial charge in [0.15, 0.2) is 6.54 Å². The zero-order chi connectivity index (χ0) is 13.7. The fourth-order valence-electron chi connectivity index (χ4n) is 2.15. The van der Waals surface area contributed by atoms with Crippen molar-refractivity contribution >= 4 is 5.91 Å². The van der Waals surface area contributed by atoms with Crippen molar-refractivity contribution in [1.29, 1.82) is 0 Å². The number of carbonyl (C=O) groups is 1. The van der Waals surface area contributed by atoms with Crippen molar-refractivity contribution in [2.24, 2.45) is 0 Å². The normalized spacial score (nSPS) is 15.6. The van der Waals surface area contributed by atoms with Crippen molar-refractivity contribution in [2.75, 3.05) is 13.1 Å². The largest absolute Gasteiger partial charge is 0.340 e. The third-order valence-electron chi connectivity index (χ3n) is 3.31. The molecule has 1 unspecified atom stereocenters. The van der Waals surface area contributed by atoms with Crippen molar-refractivity contribution in [1.82, 2.24) is 5.32 Å². The van der Waals surface area contributed by atoms with E-state index in [4.69, 9.17) is 6.42 Å². The van der Waals surface area contributed by atoms with E-state index in [-0.39, 0.29) is 18.3 Å². The number of nitrogens with one attached hydrogen (secondary N) is 2. The first-order chi connectivity index (χ1) is 9.20. The molecule has 2 N–H and O–H groups in total. The van der Waals surface area contributed by atoms with Crippen molar-refractivity contribution in [2.45, 2.75) is 25.4 Å². The Morgan fingerprint density at radius 2 is 2.21 bits per heavy atom. The maximum atomic E-state index is 13.6. The fraction of sp³-hybridized carbons (Fsp3) is 0.400. The minimum Gasteiger partial charge on any atom is -0.340 e. The Balaban J connectivity index is 1.95. The van der Waals surface area contributed by atoms with Gasteiger partial charge < -0.3 is 10.2 Å². The first-order valence-corrected chi connectivity index (χ1v) is 6.49. The lowest BCUT2D eigenvalue weighted by Gasteiger charge is -2.18. The molecule has 0 spiro atoms. The second-order valence-corrected chi connectivity index (χ2v) is 4.86. The highest BCUT2D eigenvalue weighted by atomic mass is 19.1. The van der Waals surface area contributed by atoms with E-state index in [2.05, 4.69) is 11.2 Å². The molecule has 2 rings (SSSR count). The number of terminal acetylenes is 1. The van der Waals surface area contributed by atoms with Crippen molar-refractivity contribution in [3.05, 3.63) is 35.6 Å². The highest BCUT2D eigenvalue weighted by Crippen LogP contribution is 2.16. The number of rotatable bonds is 6. The predicted octanol–water partition coefficient (Wildman–Crippen LogP) is 0.122. The van der Waals surface area contributed by atoms with Gasteiger partial charge in [-0.2, -0.15) is 0 Å². The first-order valence-electron chi connectivity index (χ1n) is 6.49. The fourth-order valence-corrected chi connectivity index (χ4v) is 2.15. The van der Waals surface area contributed by atoms with Crippen LogP contribution < -0.4 is 10.2 Å². The van der Waals surface area contributed by atoms with Crippen LogP contribution in [-0.4, -0.2) is 25.0 Å². The Kier molecular flexibility index (Phi) is 4.53. The molecule has 0 aliphatic heterocycles. The topological polar surface area (TPSA) is 33.5 Å². The van der Waals surface area contributed by atoms with Crippen LogP contribution in [0.5, 0.6) is 0 Å². The summed E-state index contributed by atoms with van der Waals surface area (Å²) < 4.78 is 13.6. The summed E-state index contributed by atoms with van der Waals surface area (Å²) in [6, 6.07) is 7.20. The van der Waals surface area contributed by atoms with Crippen LogP contribution in [0.3, 0.4) is 0 Å². The summed E-state index contributed by atoms with van der Waals surface area (Å²) in [5, 5.41) is 2.66. The smallest absolute Gasteiger partial charge is 0.275 e. The third-order valence-corrected chi connectivity index (χ3v) is 3.31. The molecule has 1 aromatic carbocycles. The molecule has 4 heteroatoms. The van der Waals surface area contributed by atoms with Gasteiger partial charge in [0.2, 0.25) is 0 Å². The van der Waals surface area contributed by atoms with E-state index in [0.717, 1.165) is 17.7 Å². The molecule has 0 aromatic heterocycles. The highest BCUT2D eigenvalue weighted by Gasteiger charge is 2.34. The quantitative estimate of drug-likeness (QED) is 0.701. The van der Waals surface area contributed by atoms with Crippen LogP contribution in [-0.2, 0) is 11.3 Å². The Bertz CT molecular complexity index is 491. The van der Waals surface area contributed by atoms with Gasteiger partial charge in [0.05, 0.1) is 12.6 Å². The number of hydrogen-bond acceptors (Lipinski definition) is 1. The van der Waals surface area contributed by atoms with E-state index in [0.29, 0.717) is 24.7 Å². The number of halogens is 1. The Morgan fingerprint density at radius 3 is 2.84 bits per heavy atom. The molecule has 1 saturated carbocycles. The number of carbonyl (C=O) groups excluding carboxylic acids is 1. The molecule has 0 radical (unpaired) electrons. The first kappa shape index (κ1) is 13.6. The molecule has 0 saturated heterocycles. The van der Waals surface area contributed by atoms with Crippen LogP contribution in [0.4, 0.5) is 4.39 Å². The summed E-state index contributed by atoms with van der Waals surface area (Å²) >= 11 is 0. The van der Waals surface area contributed by atoms with Crippen molar-refractivity contribution < 1.29 is 14.1 Å². The van der Waals surface area contributed by atoms with Gasteiger partial charge >= 0.3 is 0 Å². The van der Waals surface area contributed by atoms with Crippen molar-refractivity contribution in [3.8, 4) is 12.3 Å². The van der Waals surface area contributed by atoms with E-state index in [1.165, 1.54) is 6.07 Å². The van der Waals surface area contributed by atoms with E-state index in [9.17, 15) is 9.18 Å². The average molecular weight is 261 g/mol. The molecule has 100 valence electrons. The summed E-state index contributed by atoms with van der Waals surface area (Å²) in [6.45, 7) is 1.14. The molecule has 1 atom stereocenters. The second-order valence-electron chi connectivity index (χ2n) is 4.86. The van der Waals surface area contributed by atoms with E-state index < -0.39 is 0 Å². The second kappa shape index (κ2) is 6.35. The molecule has 3 nitrogen and oxygen atoms in total. The maximum absolute atomic E-state index is 13.6. The third kappa shape index (κ3) is 4.08. The molecule has 0 bridgehead atoms. The monoisotopic (exact) mass is 261 g/mol. The Hall–Kier alpha value is -1.86. The van der Waals surface area contributed by atoms with Crippen molar-refractivity contribution in [3.63, 3.8) is 0 Å². The molecule has 1 aromatic rings. The van der Waals surface area contributed by atoms with Crippen LogP contribution in [0.25, 0.3) is 0 Å². The van der Waals surface area contributed by atoms with Gasteiger partial charge in [-0.05, 0) is 6.07 Å². The molecular weight excluding hydrogens is 243 g/mol. The highest BCUT2D eigenvalue weighted by molar-refractivity contribution is 5.77. The van der Waals surface area contributed by atoms with Gasteiger partial charge in [-0.3, -0.25) is 4.79 Å². The van der Waals surface area contributed by atoms with Gasteiger partial charge in [0.1, 0.15) is 12.4 Å². The van der Waals surface area contributed by atoms with Gasteiger partial charge in [-0.25, -0.2) is 4.39 Å².